The third kappa shape index (κ3) is 3.13. The van der Waals surface area contributed by atoms with Gasteiger partial charge in [0.1, 0.15) is 0 Å². The molecule has 0 amide bonds. The summed E-state index contributed by atoms with van der Waals surface area (Å²) in [7, 11) is 0. The first-order chi connectivity index (χ1) is 6.93. The molecule has 15 heavy (non-hydrogen) atoms. The van der Waals surface area contributed by atoms with Crippen LogP contribution in [-0.2, 0) is 12.5 Å². The van der Waals surface area contributed by atoms with Crippen LogP contribution in [0.5, 0.6) is 0 Å². The Hall–Kier alpha value is -1.23. The Labute approximate surface area is 88.5 Å². The summed E-state index contributed by atoms with van der Waals surface area (Å²) in [5.41, 5.74) is 5.18. The van der Waals surface area contributed by atoms with E-state index in [2.05, 4.69) is 0 Å². The van der Waals surface area contributed by atoms with Crippen molar-refractivity contribution in [3.05, 3.63) is 30.3 Å². The van der Waals surface area contributed by atoms with Gasteiger partial charge in [-0.05, 0) is 0 Å². The molecule has 0 saturated heterocycles. The molecule has 82 valence electrons. The van der Waals surface area contributed by atoms with Crippen LogP contribution < -0.4 is 10.2 Å². The van der Waals surface area contributed by atoms with Crippen LogP contribution in [0.15, 0.2) is 30.3 Å². The zero-order valence-corrected chi connectivity index (χ0v) is 9.54. The second kappa shape index (κ2) is 4.53. The summed E-state index contributed by atoms with van der Waals surface area (Å²) in [6, 6.07) is 6.38. The summed E-state index contributed by atoms with van der Waals surface area (Å²) in [6.07, 6.45) is 0. The first-order valence-corrected chi connectivity index (χ1v) is 7.66. The van der Waals surface area contributed by atoms with Crippen LogP contribution >= 0.6 is 0 Å². The molecule has 0 aromatic heterocycles. The summed E-state index contributed by atoms with van der Waals surface area (Å²) in [6.45, 7) is 0. The van der Waals surface area contributed by atoms with E-state index in [0.29, 0.717) is 0 Å². The molecular weight excluding hydrogens is 265 g/mol. The number of rotatable bonds is 4. The van der Waals surface area contributed by atoms with E-state index in [1.807, 2.05) is 0 Å². The molecular formula is C9H11NO4Se. The van der Waals surface area contributed by atoms with Gasteiger partial charge in [-0.25, -0.2) is 0 Å². The zero-order valence-electron chi connectivity index (χ0n) is 7.83. The number of hydrogen-bond donors (Lipinski definition) is 2. The van der Waals surface area contributed by atoms with Crippen molar-refractivity contribution in [1.29, 1.82) is 0 Å². The summed E-state index contributed by atoms with van der Waals surface area (Å²) in [5, 5.41) is 8.00. The number of aliphatic carboxylic acids is 1. The average Bonchev–Trinajstić information content (AvgIpc) is 2.18. The fraction of sp³-hybridized carbons (Fsp3) is 0.222. The van der Waals surface area contributed by atoms with Crippen molar-refractivity contribution in [3.8, 4) is 0 Å². The van der Waals surface area contributed by atoms with E-state index in [4.69, 9.17) is 10.8 Å². The monoisotopic (exact) mass is 277 g/mol. The quantitative estimate of drug-likeness (QED) is 0.730. The second-order valence-electron chi connectivity index (χ2n) is 3.04. The van der Waals surface area contributed by atoms with Gasteiger partial charge in [-0.1, -0.05) is 0 Å². The summed E-state index contributed by atoms with van der Waals surface area (Å²) in [4.78, 5) is 10.4. The van der Waals surface area contributed by atoms with Crippen LogP contribution in [0.1, 0.15) is 0 Å². The first-order valence-electron chi connectivity index (χ1n) is 4.19. The number of hydrogen-bond acceptors (Lipinski definition) is 4. The predicted molar refractivity (Wildman–Crippen MR) is 53.6 cm³/mol. The van der Waals surface area contributed by atoms with Crippen LogP contribution in [0.4, 0.5) is 0 Å². The van der Waals surface area contributed by atoms with Crippen molar-refractivity contribution in [3.63, 3.8) is 0 Å². The van der Waals surface area contributed by atoms with E-state index in [9.17, 15) is 12.5 Å². The van der Waals surface area contributed by atoms with Crippen LogP contribution in [0.2, 0.25) is 5.32 Å². The van der Waals surface area contributed by atoms with Gasteiger partial charge in [-0.15, -0.1) is 0 Å². The standard InChI is InChI=1S/C9H11NO4Se/c10-8(9(11)12)6-15(13,14)7-4-2-1-3-5-7/h1-5,8H,6,10H2,(H,11,12). The van der Waals surface area contributed by atoms with Gasteiger partial charge in [0.05, 0.1) is 0 Å². The van der Waals surface area contributed by atoms with Gasteiger partial charge in [0.15, 0.2) is 0 Å². The van der Waals surface area contributed by atoms with Gasteiger partial charge in [-0.3, -0.25) is 0 Å². The molecule has 1 aromatic carbocycles. The van der Waals surface area contributed by atoms with Crippen LogP contribution in [0.3, 0.4) is 0 Å². The first kappa shape index (κ1) is 11.8. The number of carboxylic acid groups (broad SMARTS) is 1. The number of benzene rings is 1. The van der Waals surface area contributed by atoms with Crippen LogP contribution in [-0.4, -0.2) is 29.8 Å². The summed E-state index contributed by atoms with van der Waals surface area (Å²) in [5.74, 6) is -1.31. The van der Waals surface area contributed by atoms with E-state index in [1.54, 1.807) is 18.2 Å². The third-order valence-electron chi connectivity index (χ3n) is 1.82. The van der Waals surface area contributed by atoms with Gasteiger partial charge in [-0.2, -0.15) is 0 Å². The molecule has 0 aliphatic rings. The molecule has 0 spiro atoms. The molecule has 0 saturated carbocycles. The molecule has 0 aliphatic heterocycles. The summed E-state index contributed by atoms with van der Waals surface area (Å²) >= 11 is -4.40. The molecule has 1 rings (SSSR count). The Morgan fingerprint density at radius 3 is 2.33 bits per heavy atom. The molecule has 0 aliphatic carbocycles. The number of carbonyl (C=O) groups is 1. The molecule has 5 nitrogen and oxygen atoms in total. The maximum absolute atomic E-state index is 11.7. The molecule has 0 bridgehead atoms. The van der Waals surface area contributed by atoms with Gasteiger partial charge < -0.3 is 0 Å². The van der Waals surface area contributed by atoms with Crippen molar-refractivity contribution in [1.82, 2.24) is 0 Å². The van der Waals surface area contributed by atoms with Crippen molar-refractivity contribution >= 4 is 23.1 Å². The van der Waals surface area contributed by atoms with E-state index < -0.39 is 30.0 Å². The molecule has 0 heterocycles. The molecule has 0 fully saturated rings. The Kier molecular flexibility index (Phi) is 3.57. The topological polar surface area (TPSA) is 97.5 Å². The summed E-state index contributed by atoms with van der Waals surface area (Å²) < 4.78 is 23.5. The Morgan fingerprint density at radius 1 is 1.33 bits per heavy atom. The maximum atomic E-state index is 11.7. The van der Waals surface area contributed by atoms with Crippen LogP contribution in [0, 0.1) is 0 Å². The molecule has 1 atom stereocenters. The van der Waals surface area contributed by atoms with Crippen LogP contribution in [0.25, 0.3) is 0 Å². The molecule has 1 aromatic rings. The number of nitrogens with two attached hydrogens (primary N) is 1. The van der Waals surface area contributed by atoms with Crippen molar-refractivity contribution in [2.24, 2.45) is 5.73 Å². The fourth-order valence-corrected chi connectivity index (χ4v) is 3.93. The Morgan fingerprint density at radius 2 is 1.87 bits per heavy atom. The van der Waals surface area contributed by atoms with E-state index in [-0.39, 0.29) is 4.46 Å². The van der Waals surface area contributed by atoms with Gasteiger partial charge in [0.25, 0.3) is 0 Å². The van der Waals surface area contributed by atoms with Crippen molar-refractivity contribution in [2.75, 3.05) is 0 Å². The minimum atomic E-state index is -4.40. The number of carboxylic acids is 1. The van der Waals surface area contributed by atoms with E-state index in [0.717, 1.165) is 0 Å². The second-order valence-corrected chi connectivity index (χ2v) is 7.31. The van der Waals surface area contributed by atoms with Gasteiger partial charge in [0, 0.05) is 0 Å². The average molecular weight is 276 g/mol. The van der Waals surface area contributed by atoms with Crippen molar-refractivity contribution < 1.29 is 17.6 Å². The molecule has 0 radical (unpaired) electrons. The van der Waals surface area contributed by atoms with E-state index >= 15 is 0 Å². The predicted octanol–water partition coefficient (Wildman–Crippen LogP) is -0.391. The Balaban J connectivity index is 2.91. The molecule has 1 unspecified atom stereocenters. The minimum absolute atomic E-state index is 0.158. The third-order valence-corrected chi connectivity index (χ3v) is 5.57. The van der Waals surface area contributed by atoms with Gasteiger partial charge >= 0.3 is 88.1 Å². The normalized spacial score (nSPS) is 13.4. The SMILES string of the molecule is NC(C[Se](=O)(=O)c1ccccc1)C(=O)O. The van der Waals surface area contributed by atoms with E-state index in [1.165, 1.54) is 12.1 Å². The van der Waals surface area contributed by atoms with Gasteiger partial charge in [0.2, 0.25) is 0 Å². The zero-order chi connectivity index (χ0) is 11.5. The van der Waals surface area contributed by atoms with Crippen molar-refractivity contribution in [2.45, 2.75) is 11.4 Å². The molecule has 3 N–H and O–H groups in total. The Bertz CT molecular complexity index is 440. The fourth-order valence-electron chi connectivity index (χ4n) is 1.03. The molecule has 6 heteroatoms.